The quantitative estimate of drug-likeness (QED) is 0.663. The van der Waals surface area contributed by atoms with E-state index in [-0.39, 0.29) is 5.78 Å². The largest absolute Gasteiger partial charge is 0.493 e. The molecule has 3 rings (SSSR count). The number of carbonyl (C=O) groups excluding carboxylic acids is 1. The van der Waals surface area contributed by atoms with Gasteiger partial charge in [0.2, 0.25) is 0 Å². The van der Waals surface area contributed by atoms with Crippen LogP contribution in [-0.4, -0.2) is 19.0 Å². The first-order chi connectivity index (χ1) is 12.7. The van der Waals surface area contributed by atoms with Gasteiger partial charge in [0.15, 0.2) is 5.78 Å². The molecule has 3 heteroatoms. The fourth-order valence-corrected chi connectivity index (χ4v) is 3.13. The third-order valence-corrected chi connectivity index (χ3v) is 4.34. The second kappa shape index (κ2) is 8.52. The maximum absolute atomic E-state index is 12.8. The molecule has 0 spiro atoms. The highest BCUT2D eigenvalue weighted by Gasteiger charge is 2.23. The number of para-hydroxylation sites is 2. The maximum Gasteiger partial charge on any atom is 0.185 e. The monoisotopic (exact) mass is 348 g/mol. The van der Waals surface area contributed by atoms with Gasteiger partial charge < -0.3 is 9.47 Å². The Morgan fingerprint density at radius 2 is 1.19 bits per heavy atom. The summed E-state index contributed by atoms with van der Waals surface area (Å²) in [6.45, 7) is 5.13. The Hall–Kier alpha value is -2.81. The standard InChI is InChI=1S/C23H24O3/c1-3-25-21-11-7-5-9-17(21)15-19-13-14-20(23(19)24)16-18-10-6-8-12-22(18)26-4-2/h5-12,15-16H,3-4,13-14H2,1-2H3/b19-15-,20-16-. The van der Waals surface area contributed by atoms with E-state index in [1.807, 2.05) is 74.5 Å². The fourth-order valence-electron chi connectivity index (χ4n) is 3.13. The van der Waals surface area contributed by atoms with E-state index in [0.29, 0.717) is 13.2 Å². The summed E-state index contributed by atoms with van der Waals surface area (Å²) < 4.78 is 11.3. The summed E-state index contributed by atoms with van der Waals surface area (Å²) in [4.78, 5) is 12.8. The summed E-state index contributed by atoms with van der Waals surface area (Å²) in [6.07, 6.45) is 5.43. The van der Waals surface area contributed by atoms with Crippen LogP contribution in [0.2, 0.25) is 0 Å². The predicted octanol–water partition coefficient (Wildman–Crippen LogP) is 5.31. The third-order valence-electron chi connectivity index (χ3n) is 4.34. The third kappa shape index (κ3) is 4.05. The van der Waals surface area contributed by atoms with Crippen molar-refractivity contribution in [1.29, 1.82) is 0 Å². The zero-order valence-corrected chi connectivity index (χ0v) is 15.3. The molecule has 0 heterocycles. The second-order valence-electron chi connectivity index (χ2n) is 6.11. The minimum atomic E-state index is 0.114. The molecule has 1 saturated carbocycles. The summed E-state index contributed by atoms with van der Waals surface area (Å²) >= 11 is 0. The topological polar surface area (TPSA) is 35.5 Å². The van der Waals surface area contributed by atoms with E-state index in [1.54, 1.807) is 0 Å². The van der Waals surface area contributed by atoms with Crippen LogP contribution in [0.1, 0.15) is 37.8 Å². The maximum atomic E-state index is 12.8. The second-order valence-corrected chi connectivity index (χ2v) is 6.11. The number of benzene rings is 2. The molecule has 1 aliphatic rings. The van der Waals surface area contributed by atoms with Crippen LogP contribution in [-0.2, 0) is 4.79 Å². The molecule has 0 unspecified atom stereocenters. The van der Waals surface area contributed by atoms with Crippen molar-refractivity contribution in [2.24, 2.45) is 0 Å². The van der Waals surface area contributed by atoms with Gasteiger partial charge in [-0.1, -0.05) is 36.4 Å². The Balaban J connectivity index is 1.87. The minimum Gasteiger partial charge on any atom is -0.493 e. The molecule has 0 aliphatic heterocycles. The molecular formula is C23H24O3. The molecule has 0 N–H and O–H groups in total. The molecule has 0 atom stereocenters. The van der Waals surface area contributed by atoms with Gasteiger partial charge in [0.05, 0.1) is 13.2 Å². The van der Waals surface area contributed by atoms with Crippen LogP contribution in [0.3, 0.4) is 0 Å². The first-order valence-electron chi connectivity index (χ1n) is 9.12. The lowest BCUT2D eigenvalue weighted by atomic mass is 10.1. The Morgan fingerprint density at radius 1 is 0.769 bits per heavy atom. The average Bonchev–Trinajstić information content (AvgIpc) is 2.99. The molecule has 1 aliphatic carbocycles. The van der Waals surface area contributed by atoms with Crippen LogP contribution in [0.4, 0.5) is 0 Å². The van der Waals surface area contributed by atoms with Crippen LogP contribution < -0.4 is 9.47 Å². The van der Waals surface area contributed by atoms with Gasteiger partial charge >= 0.3 is 0 Å². The van der Waals surface area contributed by atoms with Gasteiger partial charge in [-0.2, -0.15) is 0 Å². The van der Waals surface area contributed by atoms with Crippen molar-refractivity contribution in [3.63, 3.8) is 0 Å². The van der Waals surface area contributed by atoms with Gasteiger partial charge in [0.25, 0.3) is 0 Å². The van der Waals surface area contributed by atoms with Gasteiger partial charge in [-0.15, -0.1) is 0 Å². The summed E-state index contributed by atoms with van der Waals surface area (Å²) in [5, 5.41) is 0. The lowest BCUT2D eigenvalue weighted by molar-refractivity contribution is -0.111. The lowest BCUT2D eigenvalue weighted by Crippen LogP contribution is -1.98. The fraction of sp³-hybridized carbons (Fsp3) is 0.261. The Morgan fingerprint density at radius 3 is 1.62 bits per heavy atom. The number of hydrogen-bond donors (Lipinski definition) is 0. The van der Waals surface area contributed by atoms with E-state index < -0.39 is 0 Å². The van der Waals surface area contributed by atoms with Crippen molar-refractivity contribution in [3.05, 3.63) is 70.8 Å². The van der Waals surface area contributed by atoms with Gasteiger partial charge in [0, 0.05) is 22.3 Å². The van der Waals surface area contributed by atoms with E-state index in [4.69, 9.17) is 9.47 Å². The molecule has 0 saturated heterocycles. The lowest BCUT2D eigenvalue weighted by Gasteiger charge is -2.07. The van der Waals surface area contributed by atoms with E-state index >= 15 is 0 Å². The van der Waals surface area contributed by atoms with Gasteiger partial charge in [-0.25, -0.2) is 0 Å². The minimum absolute atomic E-state index is 0.114. The van der Waals surface area contributed by atoms with Gasteiger partial charge in [-0.05, 0) is 51.0 Å². The van der Waals surface area contributed by atoms with E-state index in [1.165, 1.54) is 0 Å². The SMILES string of the molecule is CCOc1ccccc1/C=C1/CC/C(=C/c2ccccc2OCC)C1=O. The molecule has 0 amide bonds. The highest BCUT2D eigenvalue weighted by atomic mass is 16.5. The number of rotatable bonds is 6. The average molecular weight is 348 g/mol. The highest BCUT2D eigenvalue weighted by molar-refractivity contribution is 6.15. The Labute approximate surface area is 155 Å². The number of hydrogen-bond acceptors (Lipinski definition) is 3. The van der Waals surface area contributed by atoms with Crippen molar-refractivity contribution < 1.29 is 14.3 Å². The summed E-state index contributed by atoms with van der Waals surface area (Å²) in [7, 11) is 0. The number of allylic oxidation sites excluding steroid dienone is 2. The number of ketones is 1. The molecule has 0 aromatic heterocycles. The summed E-state index contributed by atoms with van der Waals surface area (Å²) in [6, 6.07) is 15.6. The zero-order chi connectivity index (χ0) is 18.4. The zero-order valence-electron chi connectivity index (χ0n) is 15.3. The van der Waals surface area contributed by atoms with Crippen LogP contribution in [0.5, 0.6) is 11.5 Å². The number of carbonyl (C=O) groups is 1. The molecule has 2 aromatic rings. The van der Waals surface area contributed by atoms with Crippen LogP contribution in [0.25, 0.3) is 12.2 Å². The molecule has 3 nitrogen and oxygen atoms in total. The Kier molecular flexibility index (Phi) is 5.90. The first kappa shape index (κ1) is 18.0. The van der Waals surface area contributed by atoms with Gasteiger partial charge in [-0.3, -0.25) is 4.79 Å². The van der Waals surface area contributed by atoms with E-state index in [0.717, 1.165) is 46.6 Å². The van der Waals surface area contributed by atoms with Crippen molar-refractivity contribution >= 4 is 17.9 Å². The van der Waals surface area contributed by atoms with Gasteiger partial charge in [0.1, 0.15) is 11.5 Å². The molecule has 2 aromatic carbocycles. The predicted molar refractivity (Wildman–Crippen MR) is 105 cm³/mol. The summed E-state index contributed by atoms with van der Waals surface area (Å²) in [5.41, 5.74) is 3.57. The highest BCUT2D eigenvalue weighted by Crippen LogP contribution is 2.32. The molecule has 26 heavy (non-hydrogen) atoms. The van der Waals surface area contributed by atoms with Crippen molar-refractivity contribution in [2.45, 2.75) is 26.7 Å². The molecular weight excluding hydrogens is 324 g/mol. The smallest absolute Gasteiger partial charge is 0.185 e. The summed E-state index contributed by atoms with van der Waals surface area (Å²) in [5.74, 6) is 1.74. The first-order valence-corrected chi connectivity index (χ1v) is 9.12. The van der Waals surface area contributed by atoms with E-state index in [9.17, 15) is 4.79 Å². The Bertz CT molecular complexity index is 777. The van der Waals surface area contributed by atoms with Crippen molar-refractivity contribution in [1.82, 2.24) is 0 Å². The van der Waals surface area contributed by atoms with Crippen LogP contribution in [0.15, 0.2) is 59.7 Å². The molecule has 0 radical (unpaired) electrons. The van der Waals surface area contributed by atoms with Crippen LogP contribution >= 0.6 is 0 Å². The van der Waals surface area contributed by atoms with E-state index in [2.05, 4.69) is 0 Å². The molecule has 134 valence electrons. The number of ether oxygens (including phenoxy) is 2. The van der Waals surface area contributed by atoms with Crippen molar-refractivity contribution in [3.8, 4) is 11.5 Å². The number of Topliss-reactive ketones (excluding diaryl/α,β-unsaturated/α-hetero) is 1. The normalized spacial score (nSPS) is 17.1. The molecule has 0 bridgehead atoms. The molecule has 1 fully saturated rings. The van der Waals surface area contributed by atoms with Crippen molar-refractivity contribution in [2.75, 3.05) is 13.2 Å². The van der Waals surface area contributed by atoms with Crippen LogP contribution in [0, 0.1) is 0 Å².